The van der Waals surface area contributed by atoms with Gasteiger partial charge in [0.25, 0.3) is 0 Å². The Morgan fingerprint density at radius 1 is 1.67 bits per heavy atom. The van der Waals surface area contributed by atoms with Crippen molar-refractivity contribution in [3.8, 4) is 0 Å². The van der Waals surface area contributed by atoms with Gasteiger partial charge >= 0.3 is 0 Å². The van der Waals surface area contributed by atoms with Crippen LogP contribution in [0, 0.1) is 0 Å². The van der Waals surface area contributed by atoms with Gasteiger partial charge in [-0.1, -0.05) is 0 Å². The molecule has 12 heavy (non-hydrogen) atoms. The van der Waals surface area contributed by atoms with Crippen LogP contribution in [0.1, 0.15) is 20.3 Å². The maximum Gasteiger partial charge on any atom is 0.0985 e. The Labute approximate surface area is 73.7 Å². The van der Waals surface area contributed by atoms with Crippen molar-refractivity contribution in [3.63, 3.8) is 0 Å². The third kappa shape index (κ3) is 3.50. The molecule has 1 unspecified atom stereocenters. The molecule has 0 radical (unpaired) electrons. The minimum Gasteiger partial charge on any atom is -0.376 e. The van der Waals surface area contributed by atoms with E-state index in [1.807, 2.05) is 0 Å². The van der Waals surface area contributed by atoms with Crippen molar-refractivity contribution >= 4 is 0 Å². The van der Waals surface area contributed by atoms with Crippen LogP contribution in [0.4, 0.5) is 4.39 Å². The van der Waals surface area contributed by atoms with Crippen molar-refractivity contribution in [2.45, 2.75) is 32.5 Å². The maximum absolute atomic E-state index is 12.5. The summed E-state index contributed by atoms with van der Waals surface area (Å²) in [5, 5.41) is 0. The van der Waals surface area contributed by atoms with Crippen LogP contribution in [0.5, 0.6) is 0 Å². The lowest BCUT2D eigenvalue weighted by Crippen LogP contribution is -2.41. The number of nitrogens with zero attached hydrogens (tertiary/aromatic N) is 1. The lowest BCUT2D eigenvalue weighted by atomic mass is 10.2. The zero-order chi connectivity index (χ0) is 8.97. The molecule has 0 spiro atoms. The summed E-state index contributed by atoms with van der Waals surface area (Å²) in [6, 6.07) is 0. The molecule has 1 heterocycles. The van der Waals surface area contributed by atoms with Gasteiger partial charge in [-0.15, -0.1) is 0 Å². The zero-order valence-electron chi connectivity index (χ0n) is 7.92. The lowest BCUT2D eigenvalue weighted by molar-refractivity contribution is -0.0199. The number of halogens is 1. The molecule has 0 N–H and O–H groups in total. The number of ether oxygens (including phenoxy) is 1. The van der Waals surface area contributed by atoms with Crippen molar-refractivity contribution in [1.29, 1.82) is 0 Å². The van der Waals surface area contributed by atoms with Gasteiger partial charge in [-0.2, -0.15) is 0 Å². The van der Waals surface area contributed by atoms with Gasteiger partial charge in [-0.25, -0.2) is 4.39 Å². The molecule has 0 saturated carbocycles. The van der Waals surface area contributed by atoms with Gasteiger partial charge in [-0.05, 0) is 20.3 Å². The SMILES string of the molecule is CC(F)CCN1CCO[C@H](C)C1. The van der Waals surface area contributed by atoms with Gasteiger partial charge in [0.15, 0.2) is 0 Å². The summed E-state index contributed by atoms with van der Waals surface area (Å²) in [5.74, 6) is 0. The molecule has 0 bridgehead atoms. The van der Waals surface area contributed by atoms with E-state index in [1.54, 1.807) is 6.92 Å². The first kappa shape index (κ1) is 9.93. The second-order valence-corrected chi connectivity index (χ2v) is 3.55. The van der Waals surface area contributed by atoms with Gasteiger partial charge in [0.1, 0.15) is 0 Å². The van der Waals surface area contributed by atoms with E-state index in [-0.39, 0.29) is 0 Å². The smallest absolute Gasteiger partial charge is 0.0985 e. The summed E-state index contributed by atoms with van der Waals surface area (Å²) in [6.07, 6.45) is 0.281. The Morgan fingerprint density at radius 2 is 2.42 bits per heavy atom. The fourth-order valence-electron chi connectivity index (χ4n) is 1.45. The molecule has 0 aromatic rings. The van der Waals surface area contributed by atoms with Crippen LogP contribution >= 0.6 is 0 Å². The minimum absolute atomic E-state index is 0.314. The summed E-state index contributed by atoms with van der Waals surface area (Å²) in [4.78, 5) is 2.27. The molecule has 1 rings (SSSR count). The molecule has 1 fully saturated rings. The molecule has 72 valence electrons. The van der Waals surface area contributed by atoms with E-state index in [0.29, 0.717) is 12.5 Å². The molecule has 0 aliphatic carbocycles. The van der Waals surface area contributed by atoms with Crippen molar-refractivity contribution in [2.24, 2.45) is 0 Å². The van der Waals surface area contributed by atoms with E-state index in [2.05, 4.69) is 11.8 Å². The third-order valence-corrected chi connectivity index (χ3v) is 2.17. The second kappa shape index (κ2) is 4.77. The summed E-state index contributed by atoms with van der Waals surface area (Å²) >= 11 is 0. The van der Waals surface area contributed by atoms with Crippen LogP contribution in [0.2, 0.25) is 0 Å². The summed E-state index contributed by atoms with van der Waals surface area (Å²) < 4.78 is 17.9. The quantitative estimate of drug-likeness (QED) is 0.644. The fraction of sp³-hybridized carbons (Fsp3) is 1.00. The van der Waals surface area contributed by atoms with Crippen molar-refractivity contribution in [2.75, 3.05) is 26.2 Å². The summed E-state index contributed by atoms with van der Waals surface area (Å²) in [7, 11) is 0. The van der Waals surface area contributed by atoms with Crippen LogP contribution in [-0.2, 0) is 4.74 Å². The fourth-order valence-corrected chi connectivity index (χ4v) is 1.45. The molecule has 1 aliphatic rings. The van der Waals surface area contributed by atoms with Crippen LogP contribution < -0.4 is 0 Å². The molecule has 1 aliphatic heterocycles. The van der Waals surface area contributed by atoms with Gasteiger partial charge in [0.2, 0.25) is 0 Å². The average Bonchev–Trinajstić information content (AvgIpc) is 2.01. The van der Waals surface area contributed by atoms with Crippen molar-refractivity contribution in [3.05, 3.63) is 0 Å². The first-order valence-corrected chi connectivity index (χ1v) is 4.66. The average molecular weight is 175 g/mol. The molecule has 3 heteroatoms. The molecular formula is C9H18FNO. The summed E-state index contributed by atoms with van der Waals surface area (Å²) in [6.45, 7) is 7.24. The highest BCUT2D eigenvalue weighted by Crippen LogP contribution is 2.06. The van der Waals surface area contributed by atoms with Crippen LogP contribution in [0.15, 0.2) is 0 Å². The monoisotopic (exact) mass is 175 g/mol. The van der Waals surface area contributed by atoms with Gasteiger partial charge in [0.05, 0.1) is 18.9 Å². The summed E-state index contributed by atoms with van der Waals surface area (Å²) in [5.41, 5.74) is 0. The van der Waals surface area contributed by atoms with E-state index in [0.717, 1.165) is 26.2 Å². The van der Waals surface area contributed by atoms with E-state index in [4.69, 9.17) is 4.74 Å². The largest absolute Gasteiger partial charge is 0.376 e. The zero-order valence-corrected chi connectivity index (χ0v) is 7.92. The normalized spacial score (nSPS) is 28.8. The van der Waals surface area contributed by atoms with E-state index in [9.17, 15) is 4.39 Å². The van der Waals surface area contributed by atoms with Gasteiger partial charge in [-0.3, -0.25) is 4.90 Å². The lowest BCUT2D eigenvalue weighted by Gasteiger charge is -2.31. The predicted octanol–water partition coefficient (Wildman–Crippen LogP) is 1.46. The maximum atomic E-state index is 12.5. The standard InChI is InChI=1S/C9H18FNO/c1-8(10)3-4-11-5-6-12-9(2)7-11/h8-9H,3-7H2,1-2H3/t8?,9-/m1/s1. The number of hydrogen-bond donors (Lipinski definition) is 0. The molecule has 0 aromatic carbocycles. The molecule has 0 aromatic heterocycles. The Morgan fingerprint density at radius 3 is 3.00 bits per heavy atom. The second-order valence-electron chi connectivity index (χ2n) is 3.55. The van der Waals surface area contributed by atoms with Crippen molar-refractivity contribution in [1.82, 2.24) is 4.90 Å². The Bertz CT molecular complexity index is 130. The first-order chi connectivity index (χ1) is 5.68. The Kier molecular flexibility index (Phi) is 3.95. The number of rotatable bonds is 3. The van der Waals surface area contributed by atoms with E-state index >= 15 is 0 Å². The van der Waals surface area contributed by atoms with Crippen LogP contribution in [-0.4, -0.2) is 43.4 Å². The third-order valence-electron chi connectivity index (χ3n) is 2.17. The predicted molar refractivity (Wildman–Crippen MR) is 47.0 cm³/mol. The highest BCUT2D eigenvalue weighted by Gasteiger charge is 2.16. The topological polar surface area (TPSA) is 12.5 Å². The van der Waals surface area contributed by atoms with Gasteiger partial charge in [0, 0.05) is 19.6 Å². The van der Waals surface area contributed by atoms with Crippen molar-refractivity contribution < 1.29 is 9.13 Å². The van der Waals surface area contributed by atoms with Crippen LogP contribution in [0.3, 0.4) is 0 Å². The first-order valence-electron chi connectivity index (χ1n) is 4.66. The molecule has 0 amide bonds. The van der Waals surface area contributed by atoms with Crippen LogP contribution in [0.25, 0.3) is 0 Å². The highest BCUT2D eigenvalue weighted by atomic mass is 19.1. The van der Waals surface area contributed by atoms with E-state index < -0.39 is 6.17 Å². The van der Waals surface area contributed by atoms with Gasteiger partial charge < -0.3 is 4.74 Å². The molecular weight excluding hydrogens is 157 g/mol. The van der Waals surface area contributed by atoms with E-state index in [1.165, 1.54) is 0 Å². The number of hydrogen-bond acceptors (Lipinski definition) is 2. The Hall–Kier alpha value is -0.150. The minimum atomic E-state index is -0.678. The molecule has 2 nitrogen and oxygen atoms in total. The Balaban J connectivity index is 2.14. The number of morpholine rings is 1. The molecule has 2 atom stereocenters. The number of alkyl halides is 1. The molecule has 1 saturated heterocycles. The highest BCUT2D eigenvalue weighted by molar-refractivity contribution is 4.68.